The van der Waals surface area contributed by atoms with Crippen molar-refractivity contribution in [1.29, 1.82) is 0 Å². The number of phosphoric ester groups is 1. The van der Waals surface area contributed by atoms with Gasteiger partial charge in [-0.15, -0.1) is 0 Å². The van der Waals surface area contributed by atoms with E-state index in [1.54, 1.807) is 19.1 Å². The molecule has 0 aliphatic heterocycles. The Morgan fingerprint density at radius 3 is 2.57 bits per heavy atom. The molecule has 4 nitrogen and oxygen atoms in total. The van der Waals surface area contributed by atoms with E-state index in [0.717, 1.165) is 17.5 Å². The molecule has 1 aromatic rings. The van der Waals surface area contributed by atoms with E-state index in [1.807, 2.05) is 13.0 Å². The van der Waals surface area contributed by atoms with E-state index in [1.165, 1.54) is 0 Å². The van der Waals surface area contributed by atoms with Gasteiger partial charge in [0, 0.05) is 0 Å². The van der Waals surface area contributed by atoms with Gasteiger partial charge in [-0.25, -0.2) is 4.57 Å². The lowest BCUT2D eigenvalue weighted by Crippen LogP contribution is -1.95. The van der Waals surface area contributed by atoms with E-state index in [4.69, 9.17) is 9.79 Å². The maximum absolute atomic E-state index is 10.6. The monoisotopic (exact) mass is 216 g/mol. The van der Waals surface area contributed by atoms with E-state index in [9.17, 15) is 4.57 Å². The zero-order chi connectivity index (χ0) is 10.8. The first kappa shape index (κ1) is 11.2. The largest absolute Gasteiger partial charge is 0.524 e. The molecule has 0 saturated carbocycles. The fourth-order valence-corrected chi connectivity index (χ4v) is 1.72. The first-order chi connectivity index (χ1) is 6.44. The van der Waals surface area contributed by atoms with Crippen LogP contribution in [0.4, 0.5) is 0 Å². The average Bonchev–Trinajstić information content (AvgIpc) is 2.06. The molecule has 0 aromatic heterocycles. The van der Waals surface area contributed by atoms with Crippen LogP contribution in [0, 0.1) is 6.92 Å². The van der Waals surface area contributed by atoms with Crippen LogP contribution in [0.25, 0.3) is 0 Å². The summed E-state index contributed by atoms with van der Waals surface area (Å²) in [4.78, 5) is 17.3. The molecule has 1 aromatic carbocycles. The van der Waals surface area contributed by atoms with Gasteiger partial charge in [0.1, 0.15) is 5.75 Å². The van der Waals surface area contributed by atoms with Crippen LogP contribution in [0.1, 0.15) is 18.1 Å². The summed E-state index contributed by atoms with van der Waals surface area (Å²) in [7, 11) is -4.44. The van der Waals surface area contributed by atoms with Crippen molar-refractivity contribution >= 4 is 7.82 Å². The van der Waals surface area contributed by atoms with Crippen molar-refractivity contribution in [2.24, 2.45) is 0 Å². The van der Waals surface area contributed by atoms with Crippen molar-refractivity contribution < 1.29 is 18.9 Å². The van der Waals surface area contributed by atoms with Crippen LogP contribution in [0.3, 0.4) is 0 Å². The van der Waals surface area contributed by atoms with Gasteiger partial charge in [0.15, 0.2) is 0 Å². The molecule has 14 heavy (non-hydrogen) atoms. The molecule has 5 heteroatoms. The van der Waals surface area contributed by atoms with E-state index in [0.29, 0.717) is 0 Å². The van der Waals surface area contributed by atoms with Gasteiger partial charge in [-0.2, -0.15) is 0 Å². The van der Waals surface area contributed by atoms with Crippen LogP contribution in [0.15, 0.2) is 18.2 Å². The van der Waals surface area contributed by atoms with E-state index in [-0.39, 0.29) is 5.75 Å². The van der Waals surface area contributed by atoms with Gasteiger partial charge in [0.05, 0.1) is 0 Å². The highest BCUT2D eigenvalue weighted by atomic mass is 31.2. The molecule has 0 fully saturated rings. The first-order valence-corrected chi connectivity index (χ1v) is 5.80. The summed E-state index contributed by atoms with van der Waals surface area (Å²) >= 11 is 0. The minimum atomic E-state index is -4.44. The van der Waals surface area contributed by atoms with Crippen LogP contribution >= 0.6 is 7.82 Å². The SMILES string of the molecule is CCc1cccc(OP(=O)(O)O)c1C. The van der Waals surface area contributed by atoms with Crippen LogP contribution < -0.4 is 4.52 Å². The highest BCUT2D eigenvalue weighted by molar-refractivity contribution is 7.46. The Hall–Kier alpha value is -0.830. The summed E-state index contributed by atoms with van der Waals surface area (Å²) in [6.45, 7) is 3.76. The normalized spacial score (nSPS) is 11.4. The standard InChI is InChI=1S/C9H13O4P/c1-3-8-5-4-6-9(7(8)2)13-14(10,11)12/h4-6H,3H2,1-2H3,(H2,10,11,12). The summed E-state index contributed by atoms with van der Waals surface area (Å²) < 4.78 is 15.2. The van der Waals surface area contributed by atoms with Gasteiger partial charge in [-0.1, -0.05) is 19.1 Å². The molecule has 0 amide bonds. The van der Waals surface area contributed by atoms with Crippen LogP contribution in [0.2, 0.25) is 0 Å². The smallest absolute Gasteiger partial charge is 0.404 e. The first-order valence-electron chi connectivity index (χ1n) is 4.27. The van der Waals surface area contributed by atoms with Crippen LogP contribution in [0.5, 0.6) is 5.75 Å². The van der Waals surface area contributed by atoms with Gasteiger partial charge in [0.25, 0.3) is 0 Å². The summed E-state index contributed by atoms with van der Waals surface area (Å²) in [5.41, 5.74) is 1.80. The lowest BCUT2D eigenvalue weighted by Gasteiger charge is -2.11. The van der Waals surface area contributed by atoms with E-state index < -0.39 is 7.82 Å². The third-order valence-electron chi connectivity index (χ3n) is 1.99. The molecule has 0 saturated heterocycles. The van der Waals surface area contributed by atoms with Crippen molar-refractivity contribution in [2.45, 2.75) is 20.3 Å². The van der Waals surface area contributed by atoms with Gasteiger partial charge in [0.2, 0.25) is 0 Å². The lowest BCUT2D eigenvalue weighted by atomic mass is 10.1. The molecule has 78 valence electrons. The molecule has 0 atom stereocenters. The third-order valence-corrected chi connectivity index (χ3v) is 2.43. The Morgan fingerprint density at radius 1 is 1.43 bits per heavy atom. The third kappa shape index (κ3) is 2.84. The molecule has 0 aliphatic rings. The Bertz CT molecular complexity index is 369. The summed E-state index contributed by atoms with van der Waals surface area (Å²) in [5.74, 6) is 0.248. The van der Waals surface area contributed by atoms with Crippen molar-refractivity contribution in [2.75, 3.05) is 0 Å². The number of phosphoric acid groups is 1. The number of hydrogen-bond donors (Lipinski definition) is 2. The van der Waals surface area contributed by atoms with Gasteiger partial charge >= 0.3 is 7.82 Å². The van der Waals surface area contributed by atoms with Crippen molar-refractivity contribution in [3.63, 3.8) is 0 Å². The van der Waals surface area contributed by atoms with Crippen molar-refractivity contribution in [1.82, 2.24) is 0 Å². The molecule has 0 unspecified atom stereocenters. The topological polar surface area (TPSA) is 66.8 Å². The fraction of sp³-hybridized carbons (Fsp3) is 0.333. The highest BCUT2D eigenvalue weighted by Gasteiger charge is 2.17. The summed E-state index contributed by atoms with van der Waals surface area (Å²) in [6.07, 6.45) is 0.810. The van der Waals surface area contributed by atoms with E-state index >= 15 is 0 Å². The lowest BCUT2D eigenvalue weighted by molar-refractivity contribution is 0.282. The Morgan fingerprint density at radius 2 is 2.07 bits per heavy atom. The Labute approximate surface area is 82.8 Å². The highest BCUT2D eigenvalue weighted by Crippen LogP contribution is 2.39. The Balaban J connectivity index is 3.04. The molecular weight excluding hydrogens is 203 g/mol. The van der Waals surface area contributed by atoms with Gasteiger partial charge in [-0.3, -0.25) is 9.79 Å². The number of benzene rings is 1. The minimum Gasteiger partial charge on any atom is -0.404 e. The number of hydrogen-bond acceptors (Lipinski definition) is 2. The molecule has 0 aliphatic carbocycles. The zero-order valence-corrected chi connectivity index (χ0v) is 8.99. The van der Waals surface area contributed by atoms with Crippen molar-refractivity contribution in [3.8, 4) is 5.75 Å². The average molecular weight is 216 g/mol. The second kappa shape index (κ2) is 4.13. The van der Waals surface area contributed by atoms with Crippen molar-refractivity contribution in [3.05, 3.63) is 29.3 Å². The molecule has 0 bridgehead atoms. The molecule has 2 N–H and O–H groups in total. The molecular formula is C9H13O4P. The maximum atomic E-state index is 10.6. The quantitative estimate of drug-likeness (QED) is 0.758. The number of rotatable bonds is 3. The zero-order valence-electron chi connectivity index (χ0n) is 8.10. The molecule has 1 rings (SSSR count). The summed E-state index contributed by atoms with van der Waals surface area (Å²) in [6, 6.07) is 5.17. The van der Waals surface area contributed by atoms with Crippen LogP contribution in [-0.2, 0) is 11.0 Å². The second-order valence-electron chi connectivity index (χ2n) is 2.98. The molecule has 0 spiro atoms. The maximum Gasteiger partial charge on any atom is 0.524 e. The molecule has 0 radical (unpaired) electrons. The predicted octanol–water partition coefficient (Wildman–Crippen LogP) is 2.03. The molecule has 0 heterocycles. The second-order valence-corrected chi connectivity index (χ2v) is 4.14. The fourth-order valence-electron chi connectivity index (χ4n) is 1.27. The summed E-state index contributed by atoms with van der Waals surface area (Å²) in [5, 5.41) is 0. The van der Waals surface area contributed by atoms with Crippen LogP contribution in [-0.4, -0.2) is 9.79 Å². The number of aryl methyl sites for hydroxylation is 1. The van der Waals surface area contributed by atoms with E-state index in [2.05, 4.69) is 4.52 Å². The van der Waals surface area contributed by atoms with Gasteiger partial charge in [-0.05, 0) is 30.5 Å². The predicted molar refractivity (Wildman–Crippen MR) is 53.2 cm³/mol. The van der Waals surface area contributed by atoms with Gasteiger partial charge < -0.3 is 4.52 Å². The minimum absolute atomic E-state index is 0.248. The Kier molecular flexibility index (Phi) is 3.32.